The molecule has 1 heterocycles. The van der Waals surface area contributed by atoms with Crippen molar-refractivity contribution in [2.24, 2.45) is 5.92 Å². The zero-order valence-electron chi connectivity index (χ0n) is 13.9. The lowest BCUT2D eigenvalue weighted by molar-refractivity contribution is -0.144. The summed E-state index contributed by atoms with van der Waals surface area (Å²) in [5.41, 5.74) is -0.0532. The van der Waals surface area contributed by atoms with Gasteiger partial charge >= 0.3 is 12.1 Å². The second-order valence-electron chi connectivity index (χ2n) is 6.32. The highest BCUT2D eigenvalue weighted by molar-refractivity contribution is 5.77. The number of carbonyl (C=O) groups excluding carboxylic acids is 2. The molecule has 0 aliphatic carbocycles. The monoisotopic (exact) mass is 312 g/mol. The molecule has 1 N–H and O–H groups in total. The number of nitrogens with one attached hydrogen (secondary N) is 1. The van der Waals surface area contributed by atoms with Crippen molar-refractivity contribution in [3.63, 3.8) is 0 Å². The summed E-state index contributed by atoms with van der Waals surface area (Å²) in [7, 11) is 1.33. The molecule has 0 aliphatic rings. The lowest BCUT2D eigenvalue weighted by atomic mass is 9.93. The Bertz CT molecular complexity index is 516. The van der Waals surface area contributed by atoms with Crippen molar-refractivity contribution in [3.8, 4) is 0 Å². The van der Waals surface area contributed by atoms with E-state index in [0.717, 1.165) is 0 Å². The molecule has 0 bridgehead atoms. The zero-order chi connectivity index (χ0) is 16.9. The van der Waals surface area contributed by atoms with Gasteiger partial charge in [-0.15, -0.1) is 0 Å². The van der Waals surface area contributed by atoms with E-state index in [1.54, 1.807) is 26.8 Å². The Morgan fingerprint density at radius 3 is 2.50 bits per heavy atom. The molecule has 7 nitrogen and oxygen atoms in total. The molecule has 0 saturated carbocycles. The third-order valence-corrected chi connectivity index (χ3v) is 2.82. The number of carbonyl (C=O) groups is 2. The Kier molecular flexibility index (Phi) is 5.96. The molecule has 22 heavy (non-hydrogen) atoms. The average Bonchev–Trinajstić information content (AvgIpc) is 2.82. The summed E-state index contributed by atoms with van der Waals surface area (Å²) in [6.07, 6.45) is -0.537. The van der Waals surface area contributed by atoms with Crippen molar-refractivity contribution < 1.29 is 23.6 Å². The molecule has 1 rings (SSSR count). The van der Waals surface area contributed by atoms with Crippen molar-refractivity contribution >= 4 is 12.1 Å². The first kappa shape index (κ1) is 18.0. The molecule has 0 spiro atoms. The second kappa shape index (κ2) is 7.29. The maximum atomic E-state index is 11.8. The van der Waals surface area contributed by atoms with Crippen LogP contribution < -0.4 is 5.32 Å². The molecule has 0 saturated heterocycles. The minimum atomic E-state index is -0.563. The molecular weight excluding hydrogens is 288 g/mol. The average molecular weight is 312 g/mol. The molecule has 1 atom stereocenters. The quantitative estimate of drug-likeness (QED) is 0.840. The van der Waals surface area contributed by atoms with Crippen LogP contribution in [0, 0.1) is 5.92 Å². The molecule has 0 aromatic carbocycles. The van der Waals surface area contributed by atoms with E-state index in [-0.39, 0.29) is 18.4 Å². The smallest absolute Gasteiger partial charge is 0.407 e. The number of nitrogens with zero attached hydrogens (tertiary/aromatic N) is 1. The van der Waals surface area contributed by atoms with Crippen LogP contribution in [0.2, 0.25) is 0 Å². The van der Waals surface area contributed by atoms with Crippen molar-refractivity contribution in [2.75, 3.05) is 7.11 Å². The van der Waals surface area contributed by atoms with Crippen molar-refractivity contribution in [1.82, 2.24) is 10.5 Å². The number of hydrogen-bond donors (Lipinski definition) is 1. The molecule has 1 aromatic rings. The number of methoxy groups -OCH3 is 1. The van der Waals surface area contributed by atoms with Crippen LogP contribution in [0.3, 0.4) is 0 Å². The van der Waals surface area contributed by atoms with Crippen LogP contribution in [0.25, 0.3) is 0 Å². The van der Waals surface area contributed by atoms with E-state index >= 15 is 0 Å². The van der Waals surface area contributed by atoms with Gasteiger partial charge in [-0.25, -0.2) is 4.79 Å². The highest BCUT2D eigenvalue weighted by Gasteiger charge is 2.29. The number of rotatable bonds is 5. The molecule has 0 aliphatic heterocycles. The lowest BCUT2D eigenvalue weighted by Crippen LogP contribution is -2.32. The number of aromatic nitrogens is 1. The van der Waals surface area contributed by atoms with Gasteiger partial charge in [0.25, 0.3) is 0 Å². The molecular formula is C15H24N2O5. The largest absolute Gasteiger partial charge is 0.468 e. The number of amides is 1. The molecule has 124 valence electrons. The molecule has 1 amide bonds. The van der Waals surface area contributed by atoms with E-state index in [0.29, 0.717) is 11.5 Å². The third-order valence-electron chi connectivity index (χ3n) is 2.82. The van der Waals surface area contributed by atoms with E-state index in [9.17, 15) is 9.59 Å². The zero-order valence-corrected chi connectivity index (χ0v) is 13.9. The fourth-order valence-corrected chi connectivity index (χ4v) is 1.88. The first-order valence-corrected chi connectivity index (χ1v) is 7.14. The Labute approximate surface area is 130 Å². The van der Waals surface area contributed by atoms with E-state index in [2.05, 4.69) is 10.5 Å². The van der Waals surface area contributed by atoms with Crippen LogP contribution in [-0.2, 0) is 20.8 Å². The van der Waals surface area contributed by atoms with Gasteiger partial charge in [0.15, 0.2) is 5.76 Å². The maximum Gasteiger partial charge on any atom is 0.407 e. The second-order valence-corrected chi connectivity index (χ2v) is 6.32. The highest BCUT2D eigenvalue weighted by Crippen LogP contribution is 2.26. The fourth-order valence-electron chi connectivity index (χ4n) is 1.88. The highest BCUT2D eigenvalue weighted by atomic mass is 16.6. The summed E-state index contributed by atoms with van der Waals surface area (Å²) in [6.45, 7) is 9.29. The topological polar surface area (TPSA) is 90.7 Å². The van der Waals surface area contributed by atoms with E-state index in [4.69, 9.17) is 14.0 Å². The van der Waals surface area contributed by atoms with Gasteiger partial charge in [-0.05, 0) is 26.7 Å². The van der Waals surface area contributed by atoms with Gasteiger partial charge in [0.05, 0.1) is 13.7 Å². The summed E-state index contributed by atoms with van der Waals surface area (Å²) < 4.78 is 15.1. The summed E-state index contributed by atoms with van der Waals surface area (Å²) in [4.78, 5) is 23.4. The number of ether oxygens (including phenoxy) is 2. The fraction of sp³-hybridized carbons (Fsp3) is 0.667. The standard InChI is InChI=1S/C15H24N2O5/c1-9(2)12(13(18)20-6)11-7-10(17-22-11)8-16-14(19)21-15(3,4)5/h7,9,12H,8H2,1-6H3,(H,16,19). The van der Waals surface area contributed by atoms with Gasteiger partial charge in [-0.2, -0.15) is 0 Å². The van der Waals surface area contributed by atoms with Gasteiger partial charge < -0.3 is 19.3 Å². The summed E-state index contributed by atoms with van der Waals surface area (Å²) >= 11 is 0. The predicted molar refractivity (Wildman–Crippen MR) is 79.2 cm³/mol. The van der Waals surface area contributed by atoms with E-state index in [1.165, 1.54) is 7.11 Å². The number of esters is 1. The minimum absolute atomic E-state index is 0.00654. The Morgan fingerprint density at radius 1 is 1.36 bits per heavy atom. The predicted octanol–water partition coefficient (Wildman–Crippen LogP) is 2.61. The normalized spacial score (nSPS) is 12.9. The molecule has 1 unspecified atom stereocenters. The Morgan fingerprint density at radius 2 is 2.00 bits per heavy atom. The van der Waals surface area contributed by atoms with Gasteiger partial charge in [0.2, 0.25) is 0 Å². The SMILES string of the molecule is COC(=O)C(c1cc(CNC(=O)OC(C)(C)C)no1)C(C)C. The third kappa shape index (κ3) is 5.38. The molecule has 7 heteroatoms. The minimum Gasteiger partial charge on any atom is -0.468 e. The van der Waals surface area contributed by atoms with Gasteiger partial charge in [0.1, 0.15) is 17.2 Å². The summed E-state index contributed by atoms with van der Waals surface area (Å²) in [5.74, 6) is -0.472. The first-order chi connectivity index (χ1) is 10.1. The Hall–Kier alpha value is -2.05. The summed E-state index contributed by atoms with van der Waals surface area (Å²) in [6, 6.07) is 1.64. The van der Waals surface area contributed by atoms with Crippen molar-refractivity contribution in [2.45, 2.75) is 52.7 Å². The van der Waals surface area contributed by atoms with Crippen LogP contribution in [0.4, 0.5) is 4.79 Å². The lowest BCUT2D eigenvalue weighted by Gasteiger charge is -2.19. The number of alkyl carbamates (subject to hydrolysis) is 1. The van der Waals surface area contributed by atoms with Crippen LogP contribution in [0.15, 0.2) is 10.6 Å². The van der Waals surface area contributed by atoms with Crippen LogP contribution >= 0.6 is 0 Å². The van der Waals surface area contributed by atoms with E-state index in [1.807, 2.05) is 13.8 Å². The molecule has 0 fully saturated rings. The van der Waals surface area contributed by atoms with Crippen LogP contribution in [0.1, 0.15) is 52.0 Å². The Balaban J connectivity index is 2.67. The van der Waals surface area contributed by atoms with Crippen LogP contribution in [-0.4, -0.2) is 29.9 Å². The maximum absolute atomic E-state index is 11.8. The first-order valence-electron chi connectivity index (χ1n) is 7.14. The summed E-state index contributed by atoms with van der Waals surface area (Å²) in [5, 5.41) is 6.43. The van der Waals surface area contributed by atoms with E-state index < -0.39 is 17.6 Å². The van der Waals surface area contributed by atoms with Crippen molar-refractivity contribution in [3.05, 3.63) is 17.5 Å². The van der Waals surface area contributed by atoms with Gasteiger partial charge in [-0.1, -0.05) is 19.0 Å². The molecule has 0 radical (unpaired) electrons. The van der Waals surface area contributed by atoms with Gasteiger partial charge in [0, 0.05) is 6.07 Å². The van der Waals surface area contributed by atoms with Crippen LogP contribution in [0.5, 0.6) is 0 Å². The van der Waals surface area contributed by atoms with Gasteiger partial charge in [-0.3, -0.25) is 4.79 Å². The van der Waals surface area contributed by atoms with Crippen molar-refractivity contribution in [1.29, 1.82) is 0 Å². The molecule has 1 aromatic heterocycles. The number of hydrogen-bond acceptors (Lipinski definition) is 6.